The highest BCUT2D eigenvalue weighted by molar-refractivity contribution is 5.76. The molecule has 1 aromatic heterocycles. The number of carbonyl (C=O) groups is 1. The van der Waals surface area contributed by atoms with E-state index in [1.54, 1.807) is 0 Å². The molecule has 0 amide bonds. The lowest BCUT2D eigenvalue weighted by Gasteiger charge is -2.15. The first-order valence-corrected chi connectivity index (χ1v) is 5.83. The molecule has 21 heavy (non-hydrogen) atoms. The molecule has 0 aliphatic rings. The zero-order valence-corrected chi connectivity index (χ0v) is 10.5. The normalized spacial score (nSPS) is 13.0. The largest absolute Gasteiger partial charge is 0.479 e. The smallest absolute Gasteiger partial charge is 0.417 e. The van der Waals surface area contributed by atoms with Gasteiger partial charge in [0.25, 0.3) is 0 Å². The summed E-state index contributed by atoms with van der Waals surface area (Å²) in [7, 11) is 0. The van der Waals surface area contributed by atoms with Gasteiger partial charge >= 0.3 is 12.1 Å². The fourth-order valence-corrected chi connectivity index (χ4v) is 1.88. The van der Waals surface area contributed by atoms with Gasteiger partial charge in [-0.3, -0.25) is 4.98 Å². The van der Waals surface area contributed by atoms with Crippen molar-refractivity contribution >= 4 is 5.97 Å². The number of aromatic nitrogens is 1. The van der Waals surface area contributed by atoms with Crippen molar-refractivity contribution in [2.24, 2.45) is 0 Å². The van der Waals surface area contributed by atoms with Crippen LogP contribution in [-0.4, -0.2) is 21.2 Å². The minimum atomic E-state index is -4.60. The number of alkyl halides is 3. The van der Waals surface area contributed by atoms with E-state index in [4.69, 9.17) is 5.11 Å². The van der Waals surface area contributed by atoms with Crippen molar-refractivity contribution in [3.63, 3.8) is 0 Å². The van der Waals surface area contributed by atoms with Gasteiger partial charge in [-0.15, -0.1) is 0 Å². The van der Waals surface area contributed by atoms with Gasteiger partial charge in [-0.1, -0.05) is 12.1 Å². The Morgan fingerprint density at radius 3 is 2.48 bits per heavy atom. The number of carboxylic acids is 1. The molecule has 4 nitrogen and oxygen atoms in total. The third-order valence-corrected chi connectivity index (χ3v) is 2.87. The Kier molecular flexibility index (Phi) is 3.95. The van der Waals surface area contributed by atoms with Crippen LogP contribution in [0.3, 0.4) is 0 Å². The fraction of sp³-hybridized carbons (Fsp3) is 0.143. The van der Waals surface area contributed by atoms with Crippen molar-refractivity contribution in [1.82, 2.24) is 4.98 Å². The van der Waals surface area contributed by atoms with Gasteiger partial charge in [0, 0.05) is 18.0 Å². The van der Waals surface area contributed by atoms with Crippen LogP contribution in [0.25, 0.3) is 11.1 Å². The molecule has 1 aromatic carbocycles. The second kappa shape index (κ2) is 5.53. The second-order valence-corrected chi connectivity index (χ2v) is 4.29. The molecule has 0 fully saturated rings. The van der Waals surface area contributed by atoms with Crippen molar-refractivity contribution in [3.05, 3.63) is 53.9 Å². The molecule has 1 atom stereocenters. The molecule has 0 saturated carbocycles. The number of hydrogen-bond acceptors (Lipinski definition) is 3. The van der Waals surface area contributed by atoms with Gasteiger partial charge in [0.2, 0.25) is 0 Å². The van der Waals surface area contributed by atoms with Crippen molar-refractivity contribution < 1.29 is 28.2 Å². The highest BCUT2D eigenvalue weighted by atomic mass is 19.4. The summed E-state index contributed by atoms with van der Waals surface area (Å²) in [5, 5.41) is 18.2. The fourth-order valence-electron chi connectivity index (χ4n) is 1.88. The first-order chi connectivity index (χ1) is 9.80. The van der Waals surface area contributed by atoms with E-state index < -0.39 is 23.8 Å². The van der Waals surface area contributed by atoms with Crippen LogP contribution in [-0.2, 0) is 11.0 Å². The Morgan fingerprint density at radius 2 is 1.95 bits per heavy atom. The molecule has 0 radical (unpaired) electrons. The van der Waals surface area contributed by atoms with Crippen LogP contribution in [0.5, 0.6) is 0 Å². The third-order valence-electron chi connectivity index (χ3n) is 2.87. The summed E-state index contributed by atoms with van der Waals surface area (Å²) in [6.07, 6.45) is -3.84. The minimum Gasteiger partial charge on any atom is -0.479 e. The Bertz CT molecular complexity index is 656. The van der Waals surface area contributed by atoms with Crippen molar-refractivity contribution in [2.75, 3.05) is 0 Å². The van der Waals surface area contributed by atoms with Crippen LogP contribution in [0.15, 0.2) is 42.7 Å². The van der Waals surface area contributed by atoms with Gasteiger partial charge in [-0.05, 0) is 29.3 Å². The molecule has 110 valence electrons. The van der Waals surface area contributed by atoms with Crippen LogP contribution in [0, 0.1) is 0 Å². The van der Waals surface area contributed by atoms with Gasteiger partial charge in [0.15, 0.2) is 6.10 Å². The number of benzene rings is 1. The monoisotopic (exact) mass is 297 g/mol. The first-order valence-electron chi connectivity index (χ1n) is 5.83. The Balaban J connectivity index is 2.63. The first kappa shape index (κ1) is 15.0. The Morgan fingerprint density at radius 1 is 1.24 bits per heavy atom. The van der Waals surface area contributed by atoms with Crippen LogP contribution in [0.2, 0.25) is 0 Å². The highest BCUT2D eigenvalue weighted by Gasteiger charge is 2.34. The summed E-state index contributed by atoms with van der Waals surface area (Å²) in [6.45, 7) is 0. The summed E-state index contributed by atoms with van der Waals surface area (Å²) in [5.74, 6) is -1.54. The molecule has 2 aromatic rings. The maximum Gasteiger partial charge on any atom is 0.417 e. The van der Waals surface area contributed by atoms with Crippen molar-refractivity contribution in [2.45, 2.75) is 12.3 Å². The summed E-state index contributed by atoms with van der Waals surface area (Å²) in [6, 6.07) is 5.61. The van der Waals surface area contributed by atoms with Gasteiger partial charge in [0.1, 0.15) is 0 Å². The molecular weight excluding hydrogens is 287 g/mol. The molecule has 2 N–H and O–H groups in total. The molecular formula is C14H10F3NO3. The second-order valence-electron chi connectivity index (χ2n) is 4.29. The molecule has 0 aliphatic heterocycles. The Labute approximate surface area is 117 Å². The number of aliphatic hydroxyl groups is 1. The average molecular weight is 297 g/mol. The average Bonchev–Trinajstić information content (AvgIpc) is 2.45. The predicted molar refractivity (Wildman–Crippen MR) is 67.3 cm³/mol. The number of pyridine rings is 1. The lowest BCUT2D eigenvalue weighted by molar-refractivity contribution is -0.146. The number of nitrogens with zero attached hydrogens (tertiary/aromatic N) is 1. The van der Waals surface area contributed by atoms with E-state index in [9.17, 15) is 23.1 Å². The number of hydrogen-bond donors (Lipinski definition) is 2. The highest BCUT2D eigenvalue weighted by Crippen LogP contribution is 2.38. The van der Waals surface area contributed by atoms with Gasteiger partial charge in [0.05, 0.1) is 5.56 Å². The molecule has 0 bridgehead atoms. The lowest BCUT2D eigenvalue weighted by Crippen LogP contribution is -2.13. The third kappa shape index (κ3) is 3.19. The van der Waals surface area contributed by atoms with Crippen LogP contribution >= 0.6 is 0 Å². The summed E-state index contributed by atoms with van der Waals surface area (Å²) in [4.78, 5) is 14.5. The summed E-state index contributed by atoms with van der Waals surface area (Å²) >= 11 is 0. The van der Waals surface area contributed by atoms with Crippen LogP contribution in [0.1, 0.15) is 17.2 Å². The standard InChI is InChI=1S/C14H10F3NO3/c15-14(16,17)11-4-3-8(12(19)13(20)21)6-10(11)9-2-1-5-18-7-9/h1-7,12,19H,(H,20,21). The molecule has 2 rings (SSSR count). The predicted octanol–water partition coefficient (Wildman–Crippen LogP) is 2.89. The van der Waals surface area contributed by atoms with E-state index >= 15 is 0 Å². The number of aliphatic carboxylic acids is 1. The van der Waals surface area contributed by atoms with Crippen LogP contribution in [0.4, 0.5) is 13.2 Å². The lowest BCUT2D eigenvalue weighted by atomic mass is 9.96. The van der Waals surface area contributed by atoms with Gasteiger partial charge in [-0.2, -0.15) is 13.2 Å². The quantitative estimate of drug-likeness (QED) is 0.914. The van der Waals surface area contributed by atoms with Gasteiger partial charge in [-0.25, -0.2) is 4.79 Å². The van der Waals surface area contributed by atoms with Crippen molar-refractivity contribution in [1.29, 1.82) is 0 Å². The molecule has 7 heteroatoms. The molecule has 1 unspecified atom stereocenters. The summed E-state index contributed by atoms with van der Waals surface area (Å²) in [5.41, 5.74) is -1.09. The van der Waals surface area contributed by atoms with Crippen LogP contribution < -0.4 is 0 Å². The van der Waals surface area contributed by atoms with Gasteiger partial charge < -0.3 is 10.2 Å². The minimum absolute atomic E-state index is 0.130. The topological polar surface area (TPSA) is 70.4 Å². The number of rotatable bonds is 3. The number of aliphatic hydroxyl groups excluding tert-OH is 1. The zero-order chi connectivity index (χ0) is 15.6. The maximum atomic E-state index is 13.0. The molecule has 0 spiro atoms. The Hall–Kier alpha value is -2.41. The van der Waals surface area contributed by atoms with E-state index in [0.717, 1.165) is 18.2 Å². The SMILES string of the molecule is O=C(O)C(O)c1ccc(C(F)(F)F)c(-c2cccnc2)c1. The molecule has 0 saturated heterocycles. The molecule has 1 heterocycles. The number of carboxylic acid groups (broad SMARTS) is 1. The van der Waals surface area contributed by atoms with Crippen molar-refractivity contribution in [3.8, 4) is 11.1 Å². The van der Waals surface area contributed by atoms with E-state index in [1.807, 2.05) is 0 Å². The summed E-state index contributed by atoms with van der Waals surface area (Å²) < 4.78 is 39.1. The van der Waals surface area contributed by atoms with E-state index in [2.05, 4.69) is 4.98 Å². The number of halogens is 3. The zero-order valence-electron chi connectivity index (χ0n) is 10.5. The molecule has 0 aliphatic carbocycles. The van der Waals surface area contributed by atoms with E-state index in [0.29, 0.717) is 0 Å². The van der Waals surface area contributed by atoms with E-state index in [-0.39, 0.29) is 16.7 Å². The van der Waals surface area contributed by atoms with E-state index in [1.165, 1.54) is 24.5 Å². The maximum absolute atomic E-state index is 13.0.